The second kappa shape index (κ2) is 4.59. The third-order valence-electron chi connectivity index (χ3n) is 3.82. The minimum Gasteiger partial charge on any atom is -0.474 e. The number of pyridine rings is 1. The van der Waals surface area contributed by atoms with Crippen LogP contribution in [-0.2, 0) is 11.3 Å². The maximum absolute atomic E-state index is 11.4. The molecule has 1 aromatic heterocycles. The van der Waals surface area contributed by atoms with Crippen molar-refractivity contribution in [2.75, 3.05) is 0 Å². The highest BCUT2D eigenvalue weighted by Crippen LogP contribution is 2.31. The molecule has 0 amide bonds. The van der Waals surface area contributed by atoms with Crippen molar-refractivity contribution >= 4 is 5.97 Å². The molecule has 96 valence electrons. The summed E-state index contributed by atoms with van der Waals surface area (Å²) in [6.07, 6.45) is 6.40. The molecule has 2 heterocycles. The van der Waals surface area contributed by atoms with E-state index in [0.717, 1.165) is 24.3 Å². The van der Waals surface area contributed by atoms with E-state index in [0.29, 0.717) is 18.1 Å². The van der Waals surface area contributed by atoms with Gasteiger partial charge in [-0.2, -0.15) is 0 Å². The summed E-state index contributed by atoms with van der Waals surface area (Å²) in [5.41, 5.74) is 1.41. The van der Waals surface area contributed by atoms with Crippen LogP contribution in [0.2, 0.25) is 0 Å². The molecule has 0 N–H and O–H groups in total. The van der Waals surface area contributed by atoms with Crippen molar-refractivity contribution in [2.24, 2.45) is 5.92 Å². The number of carbonyl (C=O) groups excluding carboxylic acids is 1. The van der Waals surface area contributed by atoms with Crippen LogP contribution in [0, 0.1) is 5.92 Å². The summed E-state index contributed by atoms with van der Waals surface area (Å²) >= 11 is 0. The van der Waals surface area contributed by atoms with Gasteiger partial charge < -0.3 is 9.47 Å². The summed E-state index contributed by atoms with van der Waals surface area (Å²) < 4.78 is 11.0. The van der Waals surface area contributed by atoms with Gasteiger partial charge in [-0.1, -0.05) is 6.92 Å². The van der Waals surface area contributed by atoms with E-state index in [1.165, 1.54) is 12.8 Å². The Labute approximate surface area is 106 Å². The molecule has 0 saturated heterocycles. The lowest BCUT2D eigenvalue weighted by atomic mass is 9.89. The molecule has 0 spiro atoms. The molecule has 2 aliphatic rings. The molecule has 0 aromatic carbocycles. The number of hydrogen-bond donors (Lipinski definition) is 0. The molecule has 0 bridgehead atoms. The topological polar surface area (TPSA) is 48.4 Å². The second-order valence-electron chi connectivity index (χ2n) is 5.22. The van der Waals surface area contributed by atoms with Gasteiger partial charge in [-0.3, -0.25) is 0 Å². The Kier molecular flexibility index (Phi) is 2.94. The number of esters is 1. The van der Waals surface area contributed by atoms with Crippen molar-refractivity contribution in [2.45, 2.75) is 45.3 Å². The number of ether oxygens (including phenoxy) is 2. The third-order valence-corrected chi connectivity index (χ3v) is 3.82. The molecule has 0 radical (unpaired) electrons. The van der Waals surface area contributed by atoms with Crippen molar-refractivity contribution in [1.82, 2.24) is 4.98 Å². The van der Waals surface area contributed by atoms with Gasteiger partial charge in [-0.25, -0.2) is 9.78 Å². The van der Waals surface area contributed by atoms with E-state index in [1.807, 2.05) is 0 Å². The lowest BCUT2D eigenvalue weighted by Crippen LogP contribution is -2.24. The van der Waals surface area contributed by atoms with Gasteiger partial charge in [-0.15, -0.1) is 0 Å². The first kappa shape index (κ1) is 11.5. The Morgan fingerprint density at radius 1 is 1.33 bits per heavy atom. The number of nitrogens with zero attached hydrogens (tertiary/aromatic N) is 1. The van der Waals surface area contributed by atoms with E-state index in [4.69, 9.17) is 9.47 Å². The number of fused-ring (bicyclic) bond motifs is 1. The fourth-order valence-electron chi connectivity index (χ4n) is 2.63. The number of carbonyl (C=O) groups is 1. The van der Waals surface area contributed by atoms with E-state index in [1.54, 1.807) is 12.3 Å². The Morgan fingerprint density at radius 2 is 2.11 bits per heavy atom. The third kappa shape index (κ3) is 2.07. The van der Waals surface area contributed by atoms with Gasteiger partial charge in [0, 0.05) is 6.20 Å². The van der Waals surface area contributed by atoms with Crippen LogP contribution < -0.4 is 4.74 Å². The van der Waals surface area contributed by atoms with Crippen molar-refractivity contribution in [1.29, 1.82) is 0 Å². The SMILES string of the molecule is C[C@H]1CC[C@H](Oc2nccc3c2COC3=O)CC1. The Balaban J connectivity index is 1.76. The average Bonchev–Trinajstić information content (AvgIpc) is 2.76. The van der Waals surface area contributed by atoms with E-state index in [9.17, 15) is 4.79 Å². The lowest BCUT2D eigenvalue weighted by molar-refractivity contribution is 0.0532. The molecule has 1 fully saturated rings. The first-order valence-electron chi connectivity index (χ1n) is 6.55. The summed E-state index contributed by atoms with van der Waals surface area (Å²) in [6, 6.07) is 1.69. The van der Waals surface area contributed by atoms with Crippen LogP contribution in [0.5, 0.6) is 5.88 Å². The quantitative estimate of drug-likeness (QED) is 0.754. The number of hydrogen-bond acceptors (Lipinski definition) is 4. The maximum atomic E-state index is 11.4. The number of rotatable bonds is 2. The van der Waals surface area contributed by atoms with Crippen LogP contribution in [-0.4, -0.2) is 17.1 Å². The molecule has 0 unspecified atom stereocenters. The van der Waals surface area contributed by atoms with Crippen LogP contribution in [0.25, 0.3) is 0 Å². The van der Waals surface area contributed by atoms with Crippen molar-refractivity contribution in [3.05, 3.63) is 23.4 Å². The summed E-state index contributed by atoms with van der Waals surface area (Å²) in [5, 5.41) is 0. The number of cyclic esters (lactones) is 1. The number of aromatic nitrogens is 1. The molecule has 4 nitrogen and oxygen atoms in total. The monoisotopic (exact) mass is 247 g/mol. The first-order valence-corrected chi connectivity index (χ1v) is 6.55. The summed E-state index contributed by atoms with van der Waals surface area (Å²) in [6.45, 7) is 2.57. The molecule has 1 saturated carbocycles. The van der Waals surface area contributed by atoms with E-state index < -0.39 is 0 Å². The minimum absolute atomic E-state index is 0.232. The summed E-state index contributed by atoms with van der Waals surface area (Å²) in [4.78, 5) is 15.7. The largest absolute Gasteiger partial charge is 0.474 e. The van der Waals surface area contributed by atoms with Crippen molar-refractivity contribution in [3.8, 4) is 5.88 Å². The van der Waals surface area contributed by atoms with Crippen LogP contribution in [0.4, 0.5) is 0 Å². The van der Waals surface area contributed by atoms with Crippen molar-refractivity contribution in [3.63, 3.8) is 0 Å². The van der Waals surface area contributed by atoms with Gasteiger partial charge in [-0.05, 0) is 37.7 Å². The van der Waals surface area contributed by atoms with Crippen LogP contribution in [0.15, 0.2) is 12.3 Å². The average molecular weight is 247 g/mol. The standard InChI is InChI=1S/C14H17NO3/c1-9-2-4-10(5-3-9)18-13-12-8-17-14(16)11(12)6-7-15-13/h6-7,9-10H,2-5,8H2,1H3/t9-,10-. The van der Waals surface area contributed by atoms with Crippen molar-refractivity contribution < 1.29 is 14.3 Å². The molecule has 4 heteroatoms. The highest BCUT2D eigenvalue weighted by Gasteiger charge is 2.27. The predicted octanol–water partition coefficient (Wildman–Crippen LogP) is 2.71. The van der Waals surface area contributed by atoms with Crippen LogP contribution in [0.1, 0.15) is 48.5 Å². The molecule has 1 aliphatic heterocycles. The molecule has 1 aromatic rings. The zero-order chi connectivity index (χ0) is 12.5. The summed E-state index contributed by atoms with van der Waals surface area (Å²) in [7, 11) is 0. The molecule has 18 heavy (non-hydrogen) atoms. The molecule has 0 atom stereocenters. The van der Waals surface area contributed by atoms with Gasteiger partial charge in [0.1, 0.15) is 12.7 Å². The highest BCUT2D eigenvalue weighted by molar-refractivity contribution is 5.93. The first-order chi connectivity index (χ1) is 8.74. The molecular formula is C14H17NO3. The molecular weight excluding hydrogens is 230 g/mol. The Hall–Kier alpha value is -1.58. The Bertz CT molecular complexity index is 464. The van der Waals surface area contributed by atoms with Gasteiger partial charge >= 0.3 is 5.97 Å². The maximum Gasteiger partial charge on any atom is 0.339 e. The smallest absolute Gasteiger partial charge is 0.339 e. The van der Waals surface area contributed by atoms with E-state index in [2.05, 4.69) is 11.9 Å². The second-order valence-corrected chi connectivity index (χ2v) is 5.22. The van der Waals surface area contributed by atoms with Gasteiger partial charge in [0.15, 0.2) is 0 Å². The minimum atomic E-state index is -0.269. The fraction of sp³-hybridized carbons (Fsp3) is 0.571. The van der Waals surface area contributed by atoms with Gasteiger partial charge in [0.2, 0.25) is 5.88 Å². The van der Waals surface area contributed by atoms with Gasteiger partial charge in [0.05, 0.1) is 11.1 Å². The molecule has 3 rings (SSSR count). The van der Waals surface area contributed by atoms with Gasteiger partial charge in [0.25, 0.3) is 0 Å². The zero-order valence-corrected chi connectivity index (χ0v) is 10.5. The predicted molar refractivity (Wildman–Crippen MR) is 65.4 cm³/mol. The van der Waals surface area contributed by atoms with E-state index >= 15 is 0 Å². The normalized spacial score (nSPS) is 26.6. The molecule has 1 aliphatic carbocycles. The van der Waals surface area contributed by atoms with E-state index in [-0.39, 0.29) is 12.1 Å². The fourth-order valence-corrected chi connectivity index (χ4v) is 2.63. The van der Waals surface area contributed by atoms with Crippen LogP contribution >= 0.6 is 0 Å². The Morgan fingerprint density at radius 3 is 2.89 bits per heavy atom. The summed E-state index contributed by atoms with van der Waals surface area (Å²) in [5.74, 6) is 1.11. The zero-order valence-electron chi connectivity index (χ0n) is 10.5. The highest BCUT2D eigenvalue weighted by atomic mass is 16.5. The lowest BCUT2D eigenvalue weighted by Gasteiger charge is -2.26. The van der Waals surface area contributed by atoms with Crippen LogP contribution in [0.3, 0.4) is 0 Å².